The fourth-order valence-corrected chi connectivity index (χ4v) is 3.23. The molecule has 1 aromatic heterocycles. The molecule has 1 aliphatic rings. The molecule has 2 atom stereocenters. The zero-order chi connectivity index (χ0) is 18.7. The molecule has 5 heteroatoms. The maximum atomic E-state index is 6.32. The molecule has 27 heavy (non-hydrogen) atoms. The number of benzene rings is 2. The Bertz CT molecular complexity index is 860. The number of hydrogen-bond acceptors (Lipinski definition) is 4. The van der Waals surface area contributed by atoms with Crippen molar-refractivity contribution in [2.75, 3.05) is 6.61 Å². The third-order valence-corrected chi connectivity index (χ3v) is 4.82. The lowest BCUT2D eigenvalue weighted by Crippen LogP contribution is -2.33. The fraction of sp³-hybridized carbons (Fsp3) is 0.318. The standard InChI is InChI=1S/C22H24N2O3/c1-3-19-14-25-22(27-19,15-24-13-12-23-16-24)18-6-10-21(11-7-18)26-20-8-4-17(2)5-9-20/h4-13,16,19H,3,14-15H2,1-2H3. The van der Waals surface area contributed by atoms with E-state index in [1.165, 1.54) is 5.56 Å². The van der Waals surface area contributed by atoms with Gasteiger partial charge in [-0.1, -0.05) is 24.6 Å². The van der Waals surface area contributed by atoms with Crippen molar-refractivity contribution in [2.45, 2.75) is 38.7 Å². The van der Waals surface area contributed by atoms with E-state index < -0.39 is 5.79 Å². The van der Waals surface area contributed by atoms with Gasteiger partial charge in [-0.15, -0.1) is 0 Å². The molecule has 1 fully saturated rings. The van der Waals surface area contributed by atoms with Gasteiger partial charge in [0.15, 0.2) is 0 Å². The smallest absolute Gasteiger partial charge is 0.213 e. The summed E-state index contributed by atoms with van der Waals surface area (Å²) in [6, 6.07) is 16.0. The van der Waals surface area contributed by atoms with E-state index in [-0.39, 0.29) is 6.10 Å². The van der Waals surface area contributed by atoms with E-state index in [4.69, 9.17) is 14.2 Å². The number of imidazole rings is 1. The number of aromatic nitrogens is 2. The average Bonchev–Trinajstić information content (AvgIpc) is 3.35. The summed E-state index contributed by atoms with van der Waals surface area (Å²) in [6.45, 7) is 5.32. The van der Waals surface area contributed by atoms with Crippen LogP contribution < -0.4 is 4.74 Å². The minimum absolute atomic E-state index is 0.0945. The van der Waals surface area contributed by atoms with Gasteiger partial charge in [-0.2, -0.15) is 0 Å². The van der Waals surface area contributed by atoms with Gasteiger partial charge < -0.3 is 18.8 Å². The first-order chi connectivity index (χ1) is 13.2. The van der Waals surface area contributed by atoms with Crippen LogP contribution in [0.1, 0.15) is 24.5 Å². The first-order valence-electron chi connectivity index (χ1n) is 9.29. The highest BCUT2D eigenvalue weighted by Crippen LogP contribution is 2.38. The van der Waals surface area contributed by atoms with Crippen molar-refractivity contribution < 1.29 is 14.2 Å². The highest BCUT2D eigenvalue weighted by molar-refractivity contribution is 5.35. The molecule has 5 nitrogen and oxygen atoms in total. The Morgan fingerprint density at radius 1 is 1.11 bits per heavy atom. The Hall–Kier alpha value is -2.63. The molecule has 2 unspecified atom stereocenters. The predicted molar refractivity (Wildman–Crippen MR) is 103 cm³/mol. The van der Waals surface area contributed by atoms with Gasteiger partial charge in [0.25, 0.3) is 0 Å². The monoisotopic (exact) mass is 364 g/mol. The zero-order valence-corrected chi connectivity index (χ0v) is 15.7. The van der Waals surface area contributed by atoms with Crippen LogP contribution in [-0.4, -0.2) is 22.3 Å². The number of nitrogens with zero attached hydrogens (tertiary/aromatic N) is 2. The zero-order valence-electron chi connectivity index (χ0n) is 15.7. The van der Waals surface area contributed by atoms with Gasteiger partial charge in [-0.05, 0) is 49.7 Å². The third-order valence-electron chi connectivity index (χ3n) is 4.82. The maximum Gasteiger partial charge on any atom is 0.213 e. The average molecular weight is 364 g/mol. The van der Waals surface area contributed by atoms with Crippen molar-refractivity contribution >= 4 is 0 Å². The first kappa shape index (κ1) is 17.8. The van der Waals surface area contributed by atoms with E-state index in [1.807, 2.05) is 59.3 Å². The van der Waals surface area contributed by atoms with Crippen LogP contribution in [0, 0.1) is 6.92 Å². The Labute approximate surface area is 159 Å². The maximum absolute atomic E-state index is 6.32. The molecule has 0 radical (unpaired) electrons. The fourth-order valence-electron chi connectivity index (χ4n) is 3.23. The topological polar surface area (TPSA) is 45.5 Å². The van der Waals surface area contributed by atoms with E-state index in [2.05, 4.69) is 18.8 Å². The molecule has 1 saturated heterocycles. The second-order valence-corrected chi connectivity index (χ2v) is 6.89. The lowest BCUT2D eigenvalue weighted by atomic mass is 10.1. The second-order valence-electron chi connectivity index (χ2n) is 6.89. The third kappa shape index (κ3) is 3.89. The van der Waals surface area contributed by atoms with E-state index >= 15 is 0 Å². The minimum atomic E-state index is -0.802. The summed E-state index contributed by atoms with van der Waals surface area (Å²) in [5, 5.41) is 0. The lowest BCUT2D eigenvalue weighted by Gasteiger charge is -2.29. The highest BCUT2D eigenvalue weighted by atomic mass is 16.7. The number of aryl methyl sites for hydroxylation is 1. The van der Waals surface area contributed by atoms with Gasteiger partial charge in [-0.25, -0.2) is 4.98 Å². The molecule has 0 bridgehead atoms. The second kappa shape index (κ2) is 7.55. The van der Waals surface area contributed by atoms with E-state index in [0.29, 0.717) is 13.2 Å². The van der Waals surface area contributed by atoms with Crippen molar-refractivity contribution in [3.8, 4) is 11.5 Å². The van der Waals surface area contributed by atoms with Gasteiger partial charge in [0.2, 0.25) is 5.79 Å². The van der Waals surface area contributed by atoms with E-state index in [1.54, 1.807) is 12.5 Å². The van der Waals surface area contributed by atoms with Crippen LogP contribution in [0.15, 0.2) is 67.3 Å². The summed E-state index contributed by atoms with van der Waals surface area (Å²) >= 11 is 0. The summed E-state index contributed by atoms with van der Waals surface area (Å²) in [5.74, 6) is 0.801. The van der Waals surface area contributed by atoms with Crippen molar-refractivity contribution in [2.24, 2.45) is 0 Å². The predicted octanol–water partition coefficient (Wildman–Crippen LogP) is 4.66. The molecule has 4 rings (SSSR count). The molecule has 0 amide bonds. The number of ether oxygens (including phenoxy) is 3. The van der Waals surface area contributed by atoms with Gasteiger partial charge in [0, 0.05) is 18.0 Å². The minimum Gasteiger partial charge on any atom is -0.457 e. The normalized spacial score (nSPS) is 22.1. The molecular formula is C22H24N2O3. The highest BCUT2D eigenvalue weighted by Gasteiger charge is 2.43. The molecule has 0 spiro atoms. The van der Waals surface area contributed by atoms with Gasteiger partial charge in [-0.3, -0.25) is 0 Å². The molecule has 0 saturated carbocycles. The van der Waals surface area contributed by atoms with Crippen LogP contribution in [0.3, 0.4) is 0 Å². The lowest BCUT2D eigenvalue weighted by molar-refractivity contribution is -0.187. The van der Waals surface area contributed by atoms with Crippen molar-refractivity contribution in [3.05, 3.63) is 78.4 Å². The molecular weight excluding hydrogens is 340 g/mol. The Balaban J connectivity index is 1.56. The molecule has 140 valence electrons. The quantitative estimate of drug-likeness (QED) is 0.638. The summed E-state index contributed by atoms with van der Waals surface area (Å²) in [5.41, 5.74) is 2.18. The van der Waals surface area contributed by atoms with Crippen molar-refractivity contribution in [3.63, 3.8) is 0 Å². The molecule has 3 aromatic rings. The van der Waals surface area contributed by atoms with Crippen molar-refractivity contribution in [1.82, 2.24) is 9.55 Å². The summed E-state index contributed by atoms with van der Waals surface area (Å²) in [7, 11) is 0. The van der Waals surface area contributed by atoms with Crippen LogP contribution in [-0.2, 0) is 21.8 Å². The summed E-state index contributed by atoms with van der Waals surface area (Å²) in [4.78, 5) is 4.13. The summed E-state index contributed by atoms with van der Waals surface area (Å²) in [6.07, 6.45) is 6.47. The van der Waals surface area contributed by atoms with Crippen molar-refractivity contribution in [1.29, 1.82) is 0 Å². The molecule has 1 aliphatic heterocycles. The SMILES string of the molecule is CCC1COC(Cn2ccnc2)(c2ccc(Oc3ccc(C)cc3)cc2)O1. The first-order valence-corrected chi connectivity index (χ1v) is 9.29. The van der Waals surface area contributed by atoms with E-state index in [9.17, 15) is 0 Å². The van der Waals surface area contributed by atoms with Crippen LogP contribution in [0.2, 0.25) is 0 Å². The molecule has 2 aromatic carbocycles. The number of rotatable bonds is 6. The van der Waals surface area contributed by atoms with Crippen LogP contribution in [0.25, 0.3) is 0 Å². The largest absolute Gasteiger partial charge is 0.457 e. The van der Waals surface area contributed by atoms with Gasteiger partial charge in [0.05, 0.1) is 25.6 Å². The Morgan fingerprint density at radius 3 is 2.41 bits per heavy atom. The van der Waals surface area contributed by atoms with Crippen LogP contribution in [0.4, 0.5) is 0 Å². The Morgan fingerprint density at radius 2 is 1.81 bits per heavy atom. The van der Waals surface area contributed by atoms with Crippen LogP contribution >= 0.6 is 0 Å². The van der Waals surface area contributed by atoms with E-state index in [0.717, 1.165) is 23.5 Å². The Kier molecular flexibility index (Phi) is 4.97. The van der Waals surface area contributed by atoms with Gasteiger partial charge in [0.1, 0.15) is 11.5 Å². The molecule has 2 heterocycles. The van der Waals surface area contributed by atoms with Gasteiger partial charge >= 0.3 is 0 Å². The molecule has 0 N–H and O–H groups in total. The molecule has 0 aliphatic carbocycles. The number of hydrogen-bond donors (Lipinski definition) is 0. The van der Waals surface area contributed by atoms with Crippen LogP contribution in [0.5, 0.6) is 11.5 Å². The summed E-state index contributed by atoms with van der Waals surface area (Å²) < 4.78 is 20.4.